The fourth-order valence-electron chi connectivity index (χ4n) is 2.82. The van der Waals surface area contributed by atoms with Gasteiger partial charge in [-0.25, -0.2) is 0 Å². The molecule has 1 unspecified atom stereocenters. The number of aromatic nitrogens is 1. The van der Waals surface area contributed by atoms with E-state index < -0.39 is 11.7 Å². The Morgan fingerprint density at radius 3 is 2.68 bits per heavy atom. The monoisotopic (exact) mass is 272 g/mol. The molecule has 1 atom stereocenters. The molecule has 1 aromatic rings. The third kappa shape index (κ3) is 2.18. The lowest BCUT2D eigenvalue weighted by molar-refractivity contribution is -0.168. The van der Waals surface area contributed by atoms with E-state index in [2.05, 4.69) is 10.3 Å². The number of aromatic amines is 1. The second-order valence-corrected chi connectivity index (χ2v) is 5.43. The van der Waals surface area contributed by atoms with Gasteiger partial charge in [0.15, 0.2) is 0 Å². The minimum Gasteiger partial charge on any atom is -0.326 e. The number of hydrogen-bond donors (Lipinski definition) is 2. The maximum atomic E-state index is 13.0. The van der Waals surface area contributed by atoms with Crippen molar-refractivity contribution in [3.8, 4) is 0 Å². The largest absolute Gasteiger partial charge is 0.406 e. The molecule has 2 N–H and O–H groups in total. The highest BCUT2D eigenvalue weighted by atomic mass is 19.4. The molecule has 0 aromatic carbocycles. The molecule has 0 bridgehead atoms. The molecule has 0 radical (unpaired) electrons. The first-order valence-corrected chi connectivity index (χ1v) is 6.48. The van der Waals surface area contributed by atoms with Crippen LogP contribution in [-0.4, -0.2) is 16.7 Å². The summed E-state index contributed by atoms with van der Waals surface area (Å²) in [6.45, 7) is 0. The van der Waals surface area contributed by atoms with E-state index in [1.807, 2.05) is 0 Å². The molecule has 0 amide bonds. The molecule has 0 aliphatic heterocycles. The first kappa shape index (κ1) is 12.7. The molecule has 1 heterocycles. The number of pyridine rings is 1. The van der Waals surface area contributed by atoms with E-state index in [9.17, 15) is 18.0 Å². The van der Waals surface area contributed by atoms with Gasteiger partial charge in [0, 0.05) is 17.8 Å². The van der Waals surface area contributed by atoms with E-state index in [0.29, 0.717) is 6.42 Å². The van der Waals surface area contributed by atoms with Crippen LogP contribution in [0, 0.1) is 0 Å². The molecule has 3 nitrogen and oxygen atoms in total. The number of halogens is 3. The second kappa shape index (κ2) is 4.10. The van der Waals surface area contributed by atoms with E-state index in [-0.39, 0.29) is 24.4 Å². The smallest absolute Gasteiger partial charge is 0.326 e. The van der Waals surface area contributed by atoms with Gasteiger partial charge >= 0.3 is 6.18 Å². The van der Waals surface area contributed by atoms with E-state index in [1.165, 1.54) is 6.07 Å². The molecular formula is C13H15F3N2O. The van der Waals surface area contributed by atoms with Gasteiger partial charge in [0.1, 0.15) is 5.54 Å². The Hall–Kier alpha value is -1.30. The first-order chi connectivity index (χ1) is 8.91. The lowest BCUT2D eigenvalue weighted by Crippen LogP contribution is -2.47. The van der Waals surface area contributed by atoms with Gasteiger partial charge in [-0.05, 0) is 37.7 Å². The summed E-state index contributed by atoms with van der Waals surface area (Å²) in [5.74, 6) is 0. The first-order valence-electron chi connectivity index (χ1n) is 6.48. The maximum Gasteiger partial charge on any atom is 0.406 e. The van der Waals surface area contributed by atoms with Crippen LogP contribution in [-0.2, 0) is 6.42 Å². The number of aryl methyl sites for hydroxylation is 1. The quantitative estimate of drug-likeness (QED) is 0.868. The van der Waals surface area contributed by atoms with Crippen molar-refractivity contribution >= 4 is 0 Å². The molecule has 3 rings (SSSR count). The van der Waals surface area contributed by atoms with Gasteiger partial charge in [-0.1, -0.05) is 6.07 Å². The number of nitrogens with one attached hydrogen (secondary N) is 2. The van der Waals surface area contributed by atoms with Crippen molar-refractivity contribution in [2.24, 2.45) is 0 Å². The molecular weight excluding hydrogens is 257 g/mol. The van der Waals surface area contributed by atoms with Crippen LogP contribution in [0.5, 0.6) is 0 Å². The van der Waals surface area contributed by atoms with Crippen molar-refractivity contribution in [2.75, 3.05) is 0 Å². The van der Waals surface area contributed by atoms with Gasteiger partial charge in [0.05, 0.1) is 0 Å². The highest BCUT2D eigenvalue weighted by Crippen LogP contribution is 2.51. The Morgan fingerprint density at radius 1 is 1.32 bits per heavy atom. The normalized spacial score (nSPS) is 24.9. The predicted octanol–water partition coefficient (Wildman–Crippen LogP) is 2.44. The third-order valence-electron chi connectivity index (χ3n) is 4.07. The average molecular weight is 272 g/mol. The standard InChI is InChI=1S/C13H15F3N2O/c14-13(15,16)12(6-7-12)18-10-3-1-2-9-8(10)4-5-11(19)17-9/h4-5,10,18H,1-3,6-7H2,(H,17,19). The topological polar surface area (TPSA) is 44.9 Å². The van der Waals surface area contributed by atoms with Crippen molar-refractivity contribution in [3.63, 3.8) is 0 Å². The summed E-state index contributed by atoms with van der Waals surface area (Å²) in [5.41, 5.74) is -0.324. The van der Waals surface area contributed by atoms with Crippen molar-refractivity contribution in [1.82, 2.24) is 10.3 Å². The molecule has 1 fully saturated rings. The summed E-state index contributed by atoms with van der Waals surface area (Å²) in [5, 5.41) is 2.77. The molecule has 104 valence electrons. The minimum absolute atomic E-state index is 0.145. The SMILES string of the molecule is O=c1ccc2c([nH]1)CCCC2NC1(C(F)(F)F)CC1. The zero-order valence-electron chi connectivity index (χ0n) is 10.3. The van der Waals surface area contributed by atoms with Crippen LogP contribution in [0.1, 0.15) is 43.0 Å². The van der Waals surface area contributed by atoms with Crippen molar-refractivity contribution < 1.29 is 13.2 Å². The number of H-pyrrole nitrogens is 1. The van der Waals surface area contributed by atoms with Gasteiger partial charge in [-0.2, -0.15) is 13.2 Å². The lowest BCUT2D eigenvalue weighted by Gasteiger charge is -2.31. The Kier molecular flexibility index (Phi) is 2.74. The highest BCUT2D eigenvalue weighted by Gasteiger charge is 2.63. The molecule has 0 saturated heterocycles. The lowest BCUT2D eigenvalue weighted by atomic mass is 9.90. The van der Waals surface area contributed by atoms with Gasteiger partial charge in [0.2, 0.25) is 5.56 Å². The van der Waals surface area contributed by atoms with E-state index in [4.69, 9.17) is 0 Å². The van der Waals surface area contributed by atoms with Crippen LogP contribution in [0.2, 0.25) is 0 Å². The highest BCUT2D eigenvalue weighted by molar-refractivity contribution is 5.27. The molecule has 1 saturated carbocycles. The summed E-state index contributed by atoms with van der Waals surface area (Å²) in [6, 6.07) is 2.72. The van der Waals surface area contributed by atoms with E-state index in [0.717, 1.165) is 24.1 Å². The molecule has 0 spiro atoms. The Labute approximate surface area is 108 Å². The van der Waals surface area contributed by atoms with Crippen molar-refractivity contribution in [3.05, 3.63) is 33.7 Å². The van der Waals surface area contributed by atoms with Crippen LogP contribution in [0.4, 0.5) is 13.2 Å². The zero-order valence-corrected chi connectivity index (χ0v) is 10.3. The Bertz CT molecular complexity index is 546. The van der Waals surface area contributed by atoms with Crippen LogP contribution >= 0.6 is 0 Å². The van der Waals surface area contributed by atoms with Crippen LogP contribution < -0.4 is 10.9 Å². The number of alkyl halides is 3. The summed E-state index contributed by atoms with van der Waals surface area (Å²) in [6.07, 6.45) is -1.72. The van der Waals surface area contributed by atoms with E-state index >= 15 is 0 Å². The summed E-state index contributed by atoms with van der Waals surface area (Å²) >= 11 is 0. The fraction of sp³-hybridized carbons (Fsp3) is 0.615. The number of rotatable bonds is 2. The van der Waals surface area contributed by atoms with Gasteiger partial charge in [0.25, 0.3) is 0 Å². The van der Waals surface area contributed by atoms with Crippen LogP contribution in [0.15, 0.2) is 16.9 Å². The maximum absolute atomic E-state index is 13.0. The fourth-order valence-corrected chi connectivity index (χ4v) is 2.82. The molecule has 6 heteroatoms. The minimum atomic E-state index is -4.20. The van der Waals surface area contributed by atoms with Crippen LogP contribution in [0.3, 0.4) is 0 Å². The summed E-state index contributed by atoms with van der Waals surface area (Å²) in [7, 11) is 0. The third-order valence-corrected chi connectivity index (χ3v) is 4.07. The Balaban J connectivity index is 1.87. The van der Waals surface area contributed by atoms with Crippen molar-refractivity contribution in [2.45, 2.75) is 49.9 Å². The van der Waals surface area contributed by atoms with Gasteiger partial charge in [-0.3, -0.25) is 10.1 Å². The number of hydrogen-bond acceptors (Lipinski definition) is 2. The molecule has 19 heavy (non-hydrogen) atoms. The average Bonchev–Trinajstić information content (AvgIpc) is 3.09. The van der Waals surface area contributed by atoms with E-state index in [1.54, 1.807) is 6.07 Å². The predicted molar refractivity (Wildman–Crippen MR) is 63.9 cm³/mol. The van der Waals surface area contributed by atoms with Crippen molar-refractivity contribution in [1.29, 1.82) is 0 Å². The van der Waals surface area contributed by atoms with Gasteiger partial charge in [-0.15, -0.1) is 0 Å². The number of fused-ring (bicyclic) bond motifs is 1. The summed E-state index contributed by atoms with van der Waals surface area (Å²) in [4.78, 5) is 14.0. The zero-order chi connectivity index (χ0) is 13.7. The summed E-state index contributed by atoms with van der Waals surface area (Å²) < 4.78 is 38.9. The Morgan fingerprint density at radius 2 is 2.05 bits per heavy atom. The second-order valence-electron chi connectivity index (χ2n) is 5.43. The molecule has 2 aliphatic rings. The van der Waals surface area contributed by atoms with Crippen LogP contribution in [0.25, 0.3) is 0 Å². The van der Waals surface area contributed by atoms with Gasteiger partial charge < -0.3 is 4.98 Å². The molecule has 2 aliphatic carbocycles. The molecule has 1 aromatic heterocycles.